The first-order chi connectivity index (χ1) is 8.95. The molecule has 19 heavy (non-hydrogen) atoms. The van der Waals surface area contributed by atoms with Crippen molar-refractivity contribution in [3.63, 3.8) is 0 Å². The third kappa shape index (κ3) is 4.50. The summed E-state index contributed by atoms with van der Waals surface area (Å²) in [4.78, 5) is 24.5. The molecule has 1 rings (SSSR count). The summed E-state index contributed by atoms with van der Waals surface area (Å²) < 4.78 is 5.06. The first-order valence-electron chi connectivity index (χ1n) is 5.75. The van der Waals surface area contributed by atoms with Crippen molar-refractivity contribution >= 4 is 23.2 Å². The average molecular weight is 283 g/mol. The number of aryl methyl sites for hydroxylation is 2. The van der Waals surface area contributed by atoms with Crippen LogP contribution in [0.1, 0.15) is 20.1 Å². The van der Waals surface area contributed by atoms with E-state index < -0.39 is 17.9 Å². The number of aliphatic carboxylic acids is 1. The van der Waals surface area contributed by atoms with Crippen LogP contribution in [-0.2, 0) is 9.53 Å². The van der Waals surface area contributed by atoms with Crippen molar-refractivity contribution in [2.24, 2.45) is 0 Å². The van der Waals surface area contributed by atoms with E-state index in [-0.39, 0.29) is 13.2 Å². The number of amides is 1. The summed E-state index contributed by atoms with van der Waals surface area (Å²) in [6, 6.07) is 0.689. The van der Waals surface area contributed by atoms with Crippen LogP contribution in [0.5, 0.6) is 0 Å². The topological polar surface area (TPSA) is 75.6 Å². The lowest BCUT2D eigenvalue weighted by Crippen LogP contribution is -2.43. The van der Waals surface area contributed by atoms with E-state index in [1.165, 1.54) is 17.4 Å². The Labute approximate surface area is 115 Å². The molecule has 1 unspecified atom stereocenters. The van der Waals surface area contributed by atoms with Crippen molar-refractivity contribution in [1.29, 1.82) is 0 Å². The molecule has 0 saturated carbocycles. The standard InChI is InChI=1S/C13H17NO4S/c1-4-5-18-7-10(13(16)17)14-12(15)11-6-8(2)9(3)19-11/h4,6,10H,1,5,7H2,2-3H3,(H,14,15)(H,16,17). The third-order valence-electron chi connectivity index (χ3n) is 2.51. The van der Waals surface area contributed by atoms with Gasteiger partial charge in [0.15, 0.2) is 6.04 Å². The molecular weight excluding hydrogens is 266 g/mol. The lowest BCUT2D eigenvalue weighted by molar-refractivity contribution is -0.140. The quantitative estimate of drug-likeness (QED) is 0.590. The van der Waals surface area contributed by atoms with Gasteiger partial charge in [-0.2, -0.15) is 0 Å². The lowest BCUT2D eigenvalue weighted by Gasteiger charge is -2.13. The SMILES string of the molecule is C=CCOCC(NC(=O)c1cc(C)c(C)s1)C(=O)O. The summed E-state index contributed by atoms with van der Waals surface area (Å²) in [5.41, 5.74) is 1.02. The summed E-state index contributed by atoms with van der Waals surface area (Å²) in [7, 11) is 0. The Morgan fingerprint density at radius 2 is 2.26 bits per heavy atom. The average Bonchev–Trinajstić information content (AvgIpc) is 2.68. The highest BCUT2D eigenvalue weighted by atomic mass is 32.1. The minimum absolute atomic E-state index is 0.0869. The van der Waals surface area contributed by atoms with Crippen LogP contribution in [0.25, 0.3) is 0 Å². The molecular formula is C13H17NO4S. The monoisotopic (exact) mass is 283 g/mol. The molecule has 1 aromatic rings. The van der Waals surface area contributed by atoms with E-state index in [4.69, 9.17) is 9.84 Å². The van der Waals surface area contributed by atoms with Crippen LogP contribution in [-0.4, -0.2) is 36.2 Å². The molecule has 0 spiro atoms. The van der Waals surface area contributed by atoms with Gasteiger partial charge in [0, 0.05) is 4.88 Å². The molecule has 104 valence electrons. The number of carbonyl (C=O) groups is 2. The maximum atomic E-state index is 11.9. The fourth-order valence-corrected chi connectivity index (χ4v) is 2.30. The highest BCUT2D eigenvalue weighted by molar-refractivity contribution is 7.14. The molecule has 0 radical (unpaired) electrons. The number of carboxylic acids is 1. The van der Waals surface area contributed by atoms with E-state index in [0.29, 0.717) is 4.88 Å². The summed E-state index contributed by atoms with van der Waals surface area (Å²) in [5, 5.41) is 11.5. The molecule has 1 amide bonds. The van der Waals surface area contributed by atoms with Gasteiger partial charge in [-0.25, -0.2) is 4.79 Å². The summed E-state index contributed by atoms with van der Waals surface area (Å²) in [6.45, 7) is 7.45. The largest absolute Gasteiger partial charge is 0.480 e. The summed E-state index contributed by atoms with van der Waals surface area (Å²) in [6.07, 6.45) is 1.52. The Hall–Kier alpha value is -1.66. The number of ether oxygens (including phenoxy) is 1. The second kappa shape index (κ2) is 7.06. The Morgan fingerprint density at radius 1 is 1.58 bits per heavy atom. The van der Waals surface area contributed by atoms with Crippen LogP contribution < -0.4 is 5.32 Å². The zero-order chi connectivity index (χ0) is 14.4. The zero-order valence-corrected chi connectivity index (χ0v) is 11.8. The number of hydrogen-bond acceptors (Lipinski definition) is 4. The van der Waals surface area contributed by atoms with E-state index in [1.54, 1.807) is 6.07 Å². The van der Waals surface area contributed by atoms with Crippen molar-refractivity contribution in [2.45, 2.75) is 19.9 Å². The van der Waals surface area contributed by atoms with Gasteiger partial charge in [-0.1, -0.05) is 6.08 Å². The molecule has 1 aromatic heterocycles. The van der Waals surface area contributed by atoms with Crippen LogP contribution in [0.15, 0.2) is 18.7 Å². The van der Waals surface area contributed by atoms with Crippen molar-refractivity contribution in [3.8, 4) is 0 Å². The summed E-state index contributed by atoms with van der Waals surface area (Å²) >= 11 is 1.34. The molecule has 1 atom stereocenters. The van der Waals surface area contributed by atoms with Crippen LogP contribution in [0.4, 0.5) is 0 Å². The van der Waals surface area contributed by atoms with Gasteiger partial charge in [0.25, 0.3) is 5.91 Å². The van der Waals surface area contributed by atoms with Gasteiger partial charge in [-0.05, 0) is 25.5 Å². The number of carbonyl (C=O) groups excluding carboxylic acids is 1. The molecule has 6 heteroatoms. The number of nitrogens with one attached hydrogen (secondary N) is 1. The number of rotatable bonds is 7. The molecule has 0 aliphatic heterocycles. The Bertz CT molecular complexity index is 461. The maximum absolute atomic E-state index is 11.9. The van der Waals surface area contributed by atoms with E-state index in [0.717, 1.165) is 10.4 Å². The molecule has 2 N–H and O–H groups in total. The van der Waals surface area contributed by atoms with Crippen LogP contribution in [0, 0.1) is 13.8 Å². The van der Waals surface area contributed by atoms with Crippen LogP contribution in [0.2, 0.25) is 0 Å². The van der Waals surface area contributed by atoms with Gasteiger partial charge < -0.3 is 15.2 Å². The maximum Gasteiger partial charge on any atom is 0.328 e. The first-order valence-corrected chi connectivity index (χ1v) is 6.56. The Morgan fingerprint density at radius 3 is 2.74 bits per heavy atom. The van der Waals surface area contributed by atoms with E-state index in [2.05, 4.69) is 11.9 Å². The highest BCUT2D eigenvalue weighted by Crippen LogP contribution is 2.20. The fourth-order valence-electron chi connectivity index (χ4n) is 1.36. The van der Waals surface area contributed by atoms with Crippen LogP contribution >= 0.6 is 11.3 Å². The molecule has 0 aliphatic rings. The van der Waals surface area contributed by atoms with Crippen molar-refractivity contribution in [3.05, 3.63) is 34.0 Å². The molecule has 0 aromatic carbocycles. The van der Waals surface area contributed by atoms with Gasteiger partial charge >= 0.3 is 5.97 Å². The number of thiophene rings is 1. The molecule has 0 bridgehead atoms. The van der Waals surface area contributed by atoms with Crippen molar-refractivity contribution < 1.29 is 19.4 Å². The lowest BCUT2D eigenvalue weighted by atomic mass is 10.2. The van der Waals surface area contributed by atoms with Gasteiger partial charge in [-0.3, -0.25) is 4.79 Å². The van der Waals surface area contributed by atoms with E-state index in [1.807, 2.05) is 13.8 Å². The number of carboxylic acid groups (broad SMARTS) is 1. The molecule has 0 saturated heterocycles. The van der Waals surface area contributed by atoms with Gasteiger partial charge in [0.05, 0.1) is 18.1 Å². The predicted molar refractivity (Wildman–Crippen MR) is 73.7 cm³/mol. The molecule has 1 heterocycles. The minimum Gasteiger partial charge on any atom is -0.480 e. The van der Waals surface area contributed by atoms with E-state index in [9.17, 15) is 9.59 Å². The van der Waals surface area contributed by atoms with Crippen LogP contribution in [0.3, 0.4) is 0 Å². The molecule has 5 nitrogen and oxygen atoms in total. The minimum atomic E-state index is -1.12. The second-order valence-corrected chi connectivity index (χ2v) is 5.30. The molecule has 0 fully saturated rings. The Kier molecular flexibility index (Phi) is 5.72. The van der Waals surface area contributed by atoms with Crippen molar-refractivity contribution in [1.82, 2.24) is 5.32 Å². The normalized spacial score (nSPS) is 11.9. The van der Waals surface area contributed by atoms with E-state index >= 15 is 0 Å². The summed E-state index contributed by atoms with van der Waals surface area (Å²) in [5.74, 6) is -1.52. The second-order valence-electron chi connectivity index (χ2n) is 4.04. The van der Waals surface area contributed by atoms with Gasteiger partial charge in [0.2, 0.25) is 0 Å². The number of hydrogen-bond donors (Lipinski definition) is 2. The fraction of sp³-hybridized carbons (Fsp3) is 0.385. The third-order valence-corrected chi connectivity index (χ3v) is 3.66. The zero-order valence-electron chi connectivity index (χ0n) is 10.9. The smallest absolute Gasteiger partial charge is 0.328 e. The van der Waals surface area contributed by atoms with Gasteiger partial charge in [0.1, 0.15) is 0 Å². The van der Waals surface area contributed by atoms with Crippen molar-refractivity contribution in [2.75, 3.05) is 13.2 Å². The van der Waals surface area contributed by atoms with Gasteiger partial charge in [-0.15, -0.1) is 17.9 Å². The predicted octanol–water partition coefficient (Wildman–Crippen LogP) is 1.75. The Balaban J connectivity index is 2.65. The molecule has 0 aliphatic carbocycles. The highest BCUT2D eigenvalue weighted by Gasteiger charge is 2.21. The first kappa shape index (κ1) is 15.4.